The highest BCUT2D eigenvalue weighted by molar-refractivity contribution is 9.11. The second-order valence-corrected chi connectivity index (χ2v) is 18.5. The van der Waals surface area contributed by atoms with Crippen molar-refractivity contribution in [2.45, 2.75) is 13.8 Å². The topological polar surface area (TPSA) is 0 Å². The van der Waals surface area contributed by atoms with Gasteiger partial charge < -0.3 is 0 Å². The maximum atomic E-state index is 4.02. The Labute approximate surface area is 275 Å². The van der Waals surface area contributed by atoms with E-state index in [1.807, 2.05) is 68.0 Å². The van der Waals surface area contributed by atoms with Gasteiger partial charge in [-0.25, -0.2) is 0 Å². The third kappa shape index (κ3) is 3.61. The van der Waals surface area contributed by atoms with Gasteiger partial charge in [0, 0.05) is 20.2 Å². The molecule has 0 saturated heterocycles. The van der Waals surface area contributed by atoms with E-state index in [1.54, 1.807) is 0 Å². The molecule has 0 nitrogen and oxygen atoms in total. The summed E-state index contributed by atoms with van der Waals surface area (Å²) in [4.78, 5) is 5.21. The Morgan fingerprint density at radius 2 is 0.737 bits per heavy atom. The molecule has 10 heteroatoms. The highest BCUT2D eigenvalue weighted by Gasteiger charge is 2.27. The summed E-state index contributed by atoms with van der Waals surface area (Å²) in [5, 5.41) is 2.71. The molecule has 0 saturated carbocycles. The minimum atomic E-state index is 1.19. The van der Waals surface area contributed by atoms with Crippen LogP contribution in [0.25, 0.3) is 67.9 Å². The number of thiophene rings is 6. The van der Waals surface area contributed by atoms with E-state index in [0.717, 1.165) is 0 Å². The molecular weight excluding hydrogens is 848 g/mol. The Bertz CT molecular complexity index is 2100. The van der Waals surface area contributed by atoms with Gasteiger partial charge in [-0.15, -0.1) is 68.0 Å². The number of hydrogen-bond acceptors (Lipinski definition) is 6. The number of rotatable bonds is 2. The molecule has 8 aromatic rings. The standard InChI is InChI=1S/C28H12Br4S6/c1-9-3-5-11-13(7-9)33-21-15(29)23(35-19(11)21)25-17(31)27-28(37-25)18(32)26(38-27)24-16(30)22-20(36-24)12-6-4-10(2)8-14(12)34-22/h3-8H,1-2H3. The number of aryl methyl sites for hydroxylation is 2. The van der Waals surface area contributed by atoms with Gasteiger partial charge in [0.05, 0.1) is 65.6 Å². The molecule has 0 amide bonds. The van der Waals surface area contributed by atoms with Gasteiger partial charge in [0.1, 0.15) is 0 Å². The summed E-state index contributed by atoms with van der Waals surface area (Å²) in [5.41, 5.74) is 2.62. The Kier molecular flexibility index (Phi) is 6.17. The van der Waals surface area contributed by atoms with Crippen LogP contribution in [0, 0.1) is 13.8 Å². The minimum absolute atomic E-state index is 1.19. The van der Waals surface area contributed by atoms with Crippen LogP contribution in [-0.4, -0.2) is 0 Å². The van der Waals surface area contributed by atoms with Gasteiger partial charge in [0.25, 0.3) is 0 Å². The van der Waals surface area contributed by atoms with E-state index >= 15 is 0 Å². The average molecular weight is 860 g/mol. The highest BCUT2D eigenvalue weighted by Crippen LogP contribution is 2.59. The van der Waals surface area contributed by atoms with E-state index in [0.29, 0.717) is 0 Å². The second kappa shape index (κ2) is 9.18. The largest absolute Gasteiger partial charge is 0.133 e. The normalized spacial score (nSPS) is 12.5. The first-order valence-corrected chi connectivity index (χ1v) is 19.5. The lowest BCUT2D eigenvalue weighted by atomic mass is 10.2. The molecule has 0 fully saturated rings. The molecule has 0 unspecified atom stereocenters. The summed E-state index contributed by atoms with van der Waals surface area (Å²) in [5.74, 6) is 0. The predicted molar refractivity (Wildman–Crippen MR) is 192 cm³/mol. The van der Waals surface area contributed by atoms with Gasteiger partial charge in [-0.2, -0.15) is 0 Å². The lowest BCUT2D eigenvalue weighted by molar-refractivity contribution is 1.52. The van der Waals surface area contributed by atoms with Gasteiger partial charge >= 0.3 is 0 Å². The molecular formula is C28H12Br4S6. The number of hydrogen-bond donors (Lipinski definition) is 0. The fraction of sp³-hybridized carbons (Fsp3) is 0.0714. The molecule has 0 bridgehead atoms. The molecule has 6 aromatic heterocycles. The molecule has 0 aliphatic heterocycles. The summed E-state index contributed by atoms with van der Waals surface area (Å²) in [6.45, 7) is 4.33. The monoisotopic (exact) mass is 856 g/mol. The van der Waals surface area contributed by atoms with Gasteiger partial charge in [-0.3, -0.25) is 0 Å². The molecule has 6 heterocycles. The van der Waals surface area contributed by atoms with Crippen molar-refractivity contribution in [2.24, 2.45) is 0 Å². The van der Waals surface area contributed by atoms with E-state index in [-0.39, 0.29) is 0 Å². The van der Waals surface area contributed by atoms with E-state index in [4.69, 9.17) is 0 Å². The third-order valence-corrected chi connectivity index (χ3v) is 19.8. The number of benzene rings is 2. The Balaban J connectivity index is 1.28. The van der Waals surface area contributed by atoms with Crippen LogP contribution < -0.4 is 0 Å². The molecule has 0 aliphatic rings. The predicted octanol–water partition coefficient (Wildman–Crippen LogP) is 14.8. The van der Waals surface area contributed by atoms with Crippen LogP contribution in [0.15, 0.2) is 54.3 Å². The van der Waals surface area contributed by atoms with Crippen molar-refractivity contribution in [2.75, 3.05) is 0 Å². The molecule has 0 spiro atoms. The Morgan fingerprint density at radius 3 is 1.11 bits per heavy atom. The first kappa shape index (κ1) is 25.6. The van der Waals surface area contributed by atoms with Gasteiger partial charge in [0.2, 0.25) is 0 Å². The summed E-state index contributed by atoms with van der Waals surface area (Å²) in [7, 11) is 0. The van der Waals surface area contributed by atoms with E-state index < -0.39 is 0 Å². The zero-order valence-corrected chi connectivity index (χ0v) is 30.7. The SMILES string of the molecule is Cc1ccc2c(c1)sc1c(Br)c(-c3sc4c(Br)c(-c5sc6c(sc7cc(C)ccc76)c5Br)sc4c3Br)sc12. The zero-order valence-electron chi connectivity index (χ0n) is 19.4. The van der Waals surface area contributed by atoms with Gasteiger partial charge in [0.15, 0.2) is 0 Å². The fourth-order valence-electron chi connectivity index (χ4n) is 4.82. The lowest BCUT2D eigenvalue weighted by Crippen LogP contribution is -1.69. The minimum Gasteiger partial charge on any atom is -0.133 e. The number of fused-ring (bicyclic) bond motifs is 7. The summed E-state index contributed by atoms with van der Waals surface area (Å²) >= 11 is 27.3. The van der Waals surface area contributed by atoms with Crippen LogP contribution in [0.1, 0.15) is 11.1 Å². The number of halogens is 4. The first-order valence-electron chi connectivity index (χ1n) is 11.4. The van der Waals surface area contributed by atoms with Crippen molar-refractivity contribution in [1.82, 2.24) is 0 Å². The van der Waals surface area contributed by atoms with Crippen molar-refractivity contribution >= 4 is 180 Å². The summed E-state index contributed by atoms with van der Waals surface area (Å²) < 4.78 is 15.6. The zero-order chi connectivity index (χ0) is 26.0. The molecule has 0 N–H and O–H groups in total. The molecule has 8 rings (SSSR count). The molecule has 2 aromatic carbocycles. The van der Waals surface area contributed by atoms with Crippen molar-refractivity contribution in [3.63, 3.8) is 0 Å². The molecule has 38 heavy (non-hydrogen) atoms. The van der Waals surface area contributed by atoms with Crippen molar-refractivity contribution in [3.8, 4) is 19.5 Å². The fourth-order valence-corrected chi connectivity index (χ4v) is 17.4. The molecule has 188 valence electrons. The van der Waals surface area contributed by atoms with E-state index in [1.165, 1.54) is 96.9 Å². The van der Waals surface area contributed by atoms with Crippen LogP contribution in [0.4, 0.5) is 0 Å². The quantitative estimate of drug-likeness (QED) is 0.162. The summed E-state index contributed by atoms with van der Waals surface area (Å²) in [6, 6.07) is 13.6. The highest BCUT2D eigenvalue weighted by atomic mass is 79.9. The molecule has 0 aliphatic carbocycles. The maximum Gasteiger partial charge on any atom is 0.0618 e. The van der Waals surface area contributed by atoms with Crippen LogP contribution >= 0.6 is 132 Å². The van der Waals surface area contributed by atoms with E-state index in [9.17, 15) is 0 Å². The molecule has 0 atom stereocenters. The average Bonchev–Trinajstić information content (AvgIpc) is 3.69. The van der Waals surface area contributed by atoms with Crippen LogP contribution in [0.2, 0.25) is 0 Å². The second-order valence-electron chi connectivity index (χ2n) is 9.16. The smallest absolute Gasteiger partial charge is 0.0618 e. The Hall–Kier alpha value is -0.140. The van der Waals surface area contributed by atoms with Gasteiger partial charge in [-0.05, 0) is 101 Å². The van der Waals surface area contributed by atoms with Gasteiger partial charge in [-0.1, -0.05) is 24.3 Å². The van der Waals surface area contributed by atoms with Crippen LogP contribution in [0.5, 0.6) is 0 Å². The van der Waals surface area contributed by atoms with Crippen molar-refractivity contribution in [3.05, 3.63) is 65.4 Å². The maximum absolute atomic E-state index is 4.02. The molecule has 0 radical (unpaired) electrons. The van der Waals surface area contributed by atoms with Crippen molar-refractivity contribution < 1.29 is 0 Å². The van der Waals surface area contributed by atoms with Crippen LogP contribution in [0.3, 0.4) is 0 Å². The first-order chi connectivity index (χ1) is 18.3. The third-order valence-electron chi connectivity index (χ3n) is 6.63. The summed E-state index contributed by atoms with van der Waals surface area (Å²) in [6.07, 6.45) is 0. The Morgan fingerprint density at radius 1 is 0.421 bits per heavy atom. The van der Waals surface area contributed by atoms with E-state index in [2.05, 4.69) is 114 Å². The lowest BCUT2D eigenvalue weighted by Gasteiger charge is -1.99. The van der Waals surface area contributed by atoms with Crippen LogP contribution in [-0.2, 0) is 0 Å². The van der Waals surface area contributed by atoms with Crippen molar-refractivity contribution in [1.29, 1.82) is 0 Å².